The first kappa shape index (κ1) is 13.1. The van der Waals surface area contributed by atoms with Crippen LogP contribution in [0.1, 0.15) is 40.5 Å². The van der Waals surface area contributed by atoms with Gasteiger partial charge in [-0.3, -0.25) is 4.79 Å². The predicted octanol–water partition coefficient (Wildman–Crippen LogP) is 2.36. The third-order valence-corrected chi connectivity index (χ3v) is 2.81. The van der Waals surface area contributed by atoms with E-state index >= 15 is 0 Å². The zero-order chi connectivity index (χ0) is 14.0. The summed E-state index contributed by atoms with van der Waals surface area (Å²) in [6.45, 7) is 5.55. The summed E-state index contributed by atoms with van der Waals surface area (Å²) in [4.78, 5) is 16.2. The maximum absolute atomic E-state index is 12.1. The van der Waals surface area contributed by atoms with E-state index in [0.717, 1.165) is 5.56 Å². The zero-order valence-electron chi connectivity index (χ0n) is 11.2. The average molecular weight is 259 g/mol. The van der Waals surface area contributed by atoms with Gasteiger partial charge < -0.3 is 15.5 Å². The van der Waals surface area contributed by atoms with Crippen LogP contribution in [-0.2, 0) is 0 Å². The average Bonchev–Trinajstić information content (AvgIpc) is 2.75. The second-order valence-electron chi connectivity index (χ2n) is 4.60. The molecular formula is C14H17N3O2. The quantitative estimate of drug-likeness (QED) is 0.829. The number of amides is 1. The van der Waals surface area contributed by atoms with Crippen molar-refractivity contribution in [1.29, 1.82) is 0 Å². The second kappa shape index (κ2) is 5.14. The van der Waals surface area contributed by atoms with Crippen molar-refractivity contribution in [3.8, 4) is 0 Å². The summed E-state index contributed by atoms with van der Waals surface area (Å²) in [7, 11) is 0. The molecule has 5 heteroatoms. The lowest BCUT2D eigenvalue weighted by atomic mass is 10.1. The van der Waals surface area contributed by atoms with E-state index in [0.29, 0.717) is 22.9 Å². The number of nitrogens with zero attached hydrogens (tertiary/aromatic N) is 1. The lowest BCUT2D eigenvalue weighted by Gasteiger charge is -2.12. The highest BCUT2D eigenvalue weighted by molar-refractivity contribution is 5.99. The lowest BCUT2D eigenvalue weighted by Crippen LogP contribution is -2.27. The van der Waals surface area contributed by atoms with Crippen molar-refractivity contribution in [2.45, 2.75) is 26.8 Å². The van der Waals surface area contributed by atoms with Crippen molar-refractivity contribution in [3.63, 3.8) is 0 Å². The maximum atomic E-state index is 12.1. The first-order valence-electron chi connectivity index (χ1n) is 6.06. The molecule has 19 heavy (non-hydrogen) atoms. The molecule has 0 spiro atoms. The van der Waals surface area contributed by atoms with Crippen LogP contribution in [0.15, 0.2) is 28.8 Å². The topological polar surface area (TPSA) is 81.2 Å². The number of aromatic nitrogens is 1. The van der Waals surface area contributed by atoms with Gasteiger partial charge in [0.05, 0.1) is 11.8 Å². The molecule has 0 aliphatic heterocycles. The van der Waals surface area contributed by atoms with Crippen LogP contribution in [0.25, 0.3) is 0 Å². The Morgan fingerprint density at radius 1 is 1.42 bits per heavy atom. The summed E-state index contributed by atoms with van der Waals surface area (Å²) in [6.07, 6.45) is 1.62. The summed E-state index contributed by atoms with van der Waals surface area (Å²) in [6, 6.07) is 5.04. The third-order valence-electron chi connectivity index (χ3n) is 2.81. The fraction of sp³-hybridized carbons (Fsp3) is 0.286. The highest BCUT2D eigenvalue weighted by Gasteiger charge is 2.16. The standard InChI is InChI=1S/C14H17N3O2/c1-8-4-5-11(12(15)6-8)13(18)17-10(3)14-16-7-9(2)19-14/h4-7,10H,15H2,1-3H3,(H,17,18). The number of nitrogens with one attached hydrogen (secondary N) is 1. The normalized spacial score (nSPS) is 12.2. The SMILES string of the molecule is Cc1ccc(C(=O)NC(C)c2ncc(C)o2)c(N)c1. The molecule has 3 N–H and O–H groups in total. The molecule has 0 aliphatic carbocycles. The van der Waals surface area contributed by atoms with Crippen LogP contribution in [-0.4, -0.2) is 10.9 Å². The first-order valence-corrected chi connectivity index (χ1v) is 6.06. The molecule has 1 unspecified atom stereocenters. The van der Waals surface area contributed by atoms with Crippen LogP contribution >= 0.6 is 0 Å². The van der Waals surface area contributed by atoms with Gasteiger partial charge in [0.2, 0.25) is 5.89 Å². The molecule has 100 valence electrons. The van der Waals surface area contributed by atoms with Crippen LogP contribution in [0.5, 0.6) is 0 Å². The predicted molar refractivity (Wildman–Crippen MR) is 72.7 cm³/mol. The Labute approximate surface area is 111 Å². The van der Waals surface area contributed by atoms with Crippen LogP contribution in [0.3, 0.4) is 0 Å². The fourth-order valence-electron chi connectivity index (χ4n) is 1.80. The summed E-state index contributed by atoms with van der Waals surface area (Å²) >= 11 is 0. The summed E-state index contributed by atoms with van der Waals surface area (Å²) in [5.74, 6) is 0.961. The van der Waals surface area contributed by atoms with Crippen molar-refractivity contribution in [2.75, 3.05) is 5.73 Å². The van der Waals surface area contributed by atoms with Gasteiger partial charge in [0.15, 0.2) is 0 Å². The van der Waals surface area contributed by atoms with E-state index in [4.69, 9.17) is 10.2 Å². The molecule has 0 bridgehead atoms. The first-order chi connectivity index (χ1) is 8.97. The summed E-state index contributed by atoms with van der Waals surface area (Å²) < 4.78 is 5.37. The minimum absolute atomic E-state index is 0.235. The monoisotopic (exact) mass is 259 g/mol. The number of nitrogen functional groups attached to an aromatic ring is 1. The number of oxazole rings is 1. The van der Waals surface area contributed by atoms with E-state index in [-0.39, 0.29) is 11.9 Å². The maximum Gasteiger partial charge on any atom is 0.254 e. The van der Waals surface area contributed by atoms with Crippen LogP contribution in [0, 0.1) is 13.8 Å². The van der Waals surface area contributed by atoms with E-state index in [9.17, 15) is 4.79 Å². The smallest absolute Gasteiger partial charge is 0.254 e. The Morgan fingerprint density at radius 3 is 2.74 bits per heavy atom. The summed E-state index contributed by atoms with van der Waals surface area (Å²) in [5, 5.41) is 2.81. The van der Waals surface area contributed by atoms with Gasteiger partial charge in [-0.15, -0.1) is 0 Å². The van der Waals surface area contributed by atoms with E-state index in [1.807, 2.05) is 26.8 Å². The largest absolute Gasteiger partial charge is 0.444 e. The minimum Gasteiger partial charge on any atom is -0.444 e. The lowest BCUT2D eigenvalue weighted by molar-refractivity contribution is 0.0935. The number of carbonyl (C=O) groups is 1. The zero-order valence-corrected chi connectivity index (χ0v) is 11.2. The fourth-order valence-corrected chi connectivity index (χ4v) is 1.80. The molecule has 2 aromatic rings. The Balaban J connectivity index is 2.12. The van der Waals surface area contributed by atoms with Gasteiger partial charge in [-0.2, -0.15) is 0 Å². The van der Waals surface area contributed by atoms with Crippen molar-refractivity contribution in [2.24, 2.45) is 0 Å². The molecular weight excluding hydrogens is 242 g/mol. The van der Waals surface area contributed by atoms with Crippen LogP contribution in [0.4, 0.5) is 5.69 Å². The number of anilines is 1. The molecule has 0 aliphatic rings. The van der Waals surface area contributed by atoms with Crippen molar-refractivity contribution in [3.05, 3.63) is 47.2 Å². The minimum atomic E-state index is -0.304. The Morgan fingerprint density at radius 2 is 2.16 bits per heavy atom. The highest BCUT2D eigenvalue weighted by Crippen LogP contribution is 2.17. The van der Waals surface area contributed by atoms with Gasteiger partial charge in [-0.25, -0.2) is 4.98 Å². The highest BCUT2D eigenvalue weighted by atomic mass is 16.4. The van der Waals surface area contributed by atoms with Gasteiger partial charge in [0, 0.05) is 5.69 Å². The van der Waals surface area contributed by atoms with Crippen molar-refractivity contribution >= 4 is 11.6 Å². The number of hydrogen-bond acceptors (Lipinski definition) is 4. The number of nitrogens with two attached hydrogens (primary N) is 1. The molecule has 0 saturated carbocycles. The van der Waals surface area contributed by atoms with E-state index in [1.165, 1.54) is 0 Å². The second-order valence-corrected chi connectivity index (χ2v) is 4.60. The van der Waals surface area contributed by atoms with Gasteiger partial charge in [-0.1, -0.05) is 6.07 Å². The van der Waals surface area contributed by atoms with Crippen molar-refractivity contribution < 1.29 is 9.21 Å². The summed E-state index contributed by atoms with van der Waals surface area (Å²) in [5.41, 5.74) is 7.78. The Hall–Kier alpha value is -2.30. The Kier molecular flexibility index (Phi) is 3.55. The number of benzene rings is 1. The molecule has 1 atom stereocenters. The number of rotatable bonds is 3. The molecule has 1 aromatic carbocycles. The van der Waals surface area contributed by atoms with E-state index in [1.54, 1.807) is 18.3 Å². The molecule has 0 saturated heterocycles. The molecule has 0 radical (unpaired) electrons. The van der Waals surface area contributed by atoms with Gasteiger partial charge in [0.25, 0.3) is 5.91 Å². The third kappa shape index (κ3) is 2.93. The van der Waals surface area contributed by atoms with Crippen LogP contribution in [0.2, 0.25) is 0 Å². The van der Waals surface area contributed by atoms with Gasteiger partial charge in [-0.05, 0) is 38.5 Å². The van der Waals surface area contributed by atoms with E-state index in [2.05, 4.69) is 10.3 Å². The van der Waals surface area contributed by atoms with Gasteiger partial charge >= 0.3 is 0 Å². The van der Waals surface area contributed by atoms with E-state index < -0.39 is 0 Å². The Bertz CT molecular complexity index is 604. The molecule has 1 amide bonds. The number of hydrogen-bond donors (Lipinski definition) is 2. The molecule has 1 aromatic heterocycles. The van der Waals surface area contributed by atoms with Crippen LogP contribution < -0.4 is 11.1 Å². The molecule has 5 nitrogen and oxygen atoms in total. The molecule has 0 fully saturated rings. The molecule has 1 heterocycles. The molecule has 2 rings (SSSR count). The van der Waals surface area contributed by atoms with Crippen molar-refractivity contribution in [1.82, 2.24) is 10.3 Å². The number of aryl methyl sites for hydroxylation is 2. The number of carbonyl (C=O) groups excluding carboxylic acids is 1. The van der Waals surface area contributed by atoms with Gasteiger partial charge in [0.1, 0.15) is 11.8 Å².